The van der Waals surface area contributed by atoms with Crippen molar-refractivity contribution < 1.29 is 26.3 Å². The van der Waals surface area contributed by atoms with Crippen LogP contribution < -0.4 is 0 Å². The fourth-order valence-corrected chi connectivity index (χ4v) is 4.81. The number of alkyl halides is 6. The first-order valence-corrected chi connectivity index (χ1v) is 8.30. The number of halogens is 6. The van der Waals surface area contributed by atoms with E-state index in [1.165, 1.54) is 0 Å². The molecule has 2 aliphatic rings. The van der Waals surface area contributed by atoms with E-state index in [1.807, 2.05) is 0 Å². The molecule has 0 saturated heterocycles. The molecule has 6 heteroatoms. The molecule has 0 aromatic carbocycles. The van der Waals surface area contributed by atoms with Gasteiger partial charge in [-0.1, -0.05) is 31.9 Å². The Morgan fingerprint density at radius 2 is 1.43 bits per heavy atom. The summed E-state index contributed by atoms with van der Waals surface area (Å²) in [6.45, 7) is 5.42. The lowest BCUT2D eigenvalue weighted by Crippen LogP contribution is -2.60. The lowest BCUT2D eigenvalue weighted by Gasteiger charge is -2.51. The molecule has 0 N–H and O–H groups in total. The summed E-state index contributed by atoms with van der Waals surface area (Å²) in [5.74, 6) is -2.90. The third-order valence-corrected chi connectivity index (χ3v) is 5.78. The van der Waals surface area contributed by atoms with Gasteiger partial charge in [-0.3, -0.25) is 0 Å². The van der Waals surface area contributed by atoms with E-state index in [0.29, 0.717) is 31.3 Å². The second kappa shape index (κ2) is 6.32. The Labute approximate surface area is 133 Å². The predicted molar refractivity (Wildman–Crippen MR) is 76.8 cm³/mol. The van der Waals surface area contributed by atoms with E-state index in [4.69, 9.17) is 0 Å². The molecule has 0 heterocycles. The Hall–Kier alpha value is -0.680. The lowest BCUT2D eigenvalue weighted by molar-refractivity contribution is -0.381. The Kier molecular flexibility index (Phi) is 5.13. The van der Waals surface area contributed by atoms with Crippen LogP contribution in [0.25, 0.3) is 0 Å². The van der Waals surface area contributed by atoms with Crippen LogP contribution in [0.5, 0.6) is 0 Å². The first kappa shape index (κ1) is 18.7. The van der Waals surface area contributed by atoms with Crippen LogP contribution in [0, 0.1) is 23.2 Å². The SMILES string of the molecule is C=C1CCCC(C(C2CCCC(C)C2)(C(F)(F)F)C(F)(F)F)C1. The molecule has 0 bridgehead atoms. The van der Waals surface area contributed by atoms with Gasteiger partial charge < -0.3 is 0 Å². The fraction of sp³-hybridized carbons (Fsp3) is 0.882. The Morgan fingerprint density at radius 1 is 0.870 bits per heavy atom. The first-order valence-electron chi connectivity index (χ1n) is 8.30. The number of hydrogen-bond donors (Lipinski definition) is 0. The highest BCUT2D eigenvalue weighted by Gasteiger charge is 2.76. The van der Waals surface area contributed by atoms with Crippen LogP contribution in [0.1, 0.15) is 58.3 Å². The molecule has 2 aliphatic carbocycles. The van der Waals surface area contributed by atoms with Gasteiger partial charge in [-0.05, 0) is 56.3 Å². The van der Waals surface area contributed by atoms with Crippen LogP contribution >= 0.6 is 0 Å². The minimum Gasteiger partial charge on any atom is -0.170 e. The van der Waals surface area contributed by atoms with Gasteiger partial charge in [-0.25, -0.2) is 0 Å². The summed E-state index contributed by atoms with van der Waals surface area (Å²) in [5, 5.41) is 0. The first-order chi connectivity index (χ1) is 10.5. The van der Waals surface area contributed by atoms with Gasteiger partial charge in [0.25, 0.3) is 0 Å². The smallest absolute Gasteiger partial charge is 0.170 e. The monoisotopic (exact) mass is 342 g/mol. The molecule has 0 spiro atoms. The summed E-state index contributed by atoms with van der Waals surface area (Å²) >= 11 is 0. The topological polar surface area (TPSA) is 0 Å². The van der Waals surface area contributed by atoms with Gasteiger partial charge in [0.2, 0.25) is 0 Å². The zero-order valence-corrected chi connectivity index (χ0v) is 13.4. The standard InChI is InChI=1S/C17H24F6/c1-11-5-3-7-13(9-11)15(16(18,19)20,17(21,22)23)14-8-4-6-12(2)10-14/h12-14H,1,3-10H2,2H3. The fourth-order valence-electron chi connectivity index (χ4n) is 4.81. The Bertz CT molecular complexity index is 419. The van der Waals surface area contributed by atoms with E-state index >= 15 is 0 Å². The second-order valence-electron chi connectivity index (χ2n) is 7.38. The lowest BCUT2D eigenvalue weighted by atomic mass is 9.56. The summed E-state index contributed by atoms with van der Waals surface area (Å²) in [6.07, 6.45) is -8.71. The van der Waals surface area contributed by atoms with Gasteiger partial charge >= 0.3 is 12.4 Å². The van der Waals surface area contributed by atoms with Gasteiger partial charge in [-0.15, -0.1) is 0 Å². The average molecular weight is 342 g/mol. The average Bonchev–Trinajstić information content (AvgIpc) is 2.36. The zero-order chi connectivity index (χ0) is 17.5. The van der Waals surface area contributed by atoms with E-state index in [1.54, 1.807) is 6.92 Å². The zero-order valence-electron chi connectivity index (χ0n) is 13.4. The van der Waals surface area contributed by atoms with E-state index < -0.39 is 29.6 Å². The van der Waals surface area contributed by atoms with Crippen molar-refractivity contribution in [1.82, 2.24) is 0 Å². The number of hydrogen-bond acceptors (Lipinski definition) is 0. The van der Waals surface area contributed by atoms with Gasteiger partial charge in [0, 0.05) is 0 Å². The van der Waals surface area contributed by atoms with Crippen molar-refractivity contribution in [3.05, 3.63) is 12.2 Å². The predicted octanol–water partition coefficient (Wildman–Crippen LogP) is 6.67. The van der Waals surface area contributed by atoms with Crippen molar-refractivity contribution in [3.8, 4) is 0 Å². The van der Waals surface area contributed by atoms with E-state index in [2.05, 4.69) is 6.58 Å². The molecule has 0 aliphatic heterocycles. The van der Waals surface area contributed by atoms with Crippen molar-refractivity contribution in [3.63, 3.8) is 0 Å². The number of rotatable bonds is 2. The van der Waals surface area contributed by atoms with Crippen molar-refractivity contribution in [2.75, 3.05) is 0 Å². The van der Waals surface area contributed by atoms with E-state index in [0.717, 1.165) is 0 Å². The van der Waals surface area contributed by atoms with E-state index in [-0.39, 0.29) is 31.6 Å². The van der Waals surface area contributed by atoms with Gasteiger partial charge in [0.15, 0.2) is 5.41 Å². The molecular formula is C17H24F6. The third kappa shape index (κ3) is 3.27. The maximum Gasteiger partial charge on any atom is 0.403 e. The molecule has 2 fully saturated rings. The van der Waals surface area contributed by atoms with Crippen LogP contribution in [-0.2, 0) is 0 Å². The Balaban J connectivity index is 2.53. The molecule has 0 aromatic rings. The normalized spacial score (nSPS) is 31.3. The van der Waals surface area contributed by atoms with Gasteiger partial charge in [0.05, 0.1) is 0 Å². The van der Waals surface area contributed by atoms with Crippen LogP contribution in [0.2, 0.25) is 0 Å². The van der Waals surface area contributed by atoms with E-state index in [9.17, 15) is 26.3 Å². The highest BCUT2D eigenvalue weighted by Crippen LogP contribution is 2.65. The van der Waals surface area contributed by atoms with Crippen molar-refractivity contribution in [2.24, 2.45) is 23.2 Å². The quantitative estimate of drug-likeness (QED) is 0.388. The maximum atomic E-state index is 13.9. The van der Waals surface area contributed by atoms with Gasteiger partial charge in [0.1, 0.15) is 0 Å². The molecule has 134 valence electrons. The summed E-state index contributed by atoms with van der Waals surface area (Å²) in [7, 11) is 0. The largest absolute Gasteiger partial charge is 0.403 e. The molecule has 3 unspecified atom stereocenters. The summed E-state index contributed by atoms with van der Waals surface area (Å²) in [4.78, 5) is 0. The Morgan fingerprint density at radius 3 is 1.91 bits per heavy atom. The van der Waals surface area contributed by atoms with Gasteiger partial charge in [-0.2, -0.15) is 26.3 Å². The highest BCUT2D eigenvalue weighted by molar-refractivity contribution is 5.10. The molecule has 3 atom stereocenters. The molecule has 0 nitrogen and oxygen atoms in total. The van der Waals surface area contributed by atoms with Crippen LogP contribution in [0.15, 0.2) is 12.2 Å². The minimum atomic E-state index is -5.28. The molecule has 2 saturated carbocycles. The molecule has 2 rings (SSSR count). The highest BCUT2D eigenvalue weighted by atomic mass is 19.4. The summed E-state index contributed by atoms with van der Waals surface area (Å²) in [6, 6.07) is 0. The number of allylic oxidation sites excluding steroid dienone is 1. The summed E-state index contributed by atoms with van der Waals surface area (Å²) in [5.41, 5.74) is -3.07. The molecule has 0 radical (unpaired) electrons. The molecule has 0 aromatic heterocycles. The third-order valence-electron chi connectivity index (χ3n) is 5.78. The van der Waals surface area contributed by atoms with Crippen LogP contribution in [-0.4, -0.2) is 12.4 Å². The maximum absolute atomic E-state index is 13.9. The minimum absolute atomic E-state index is 0.00198. The molecular weight excluding hydrogens is 318 g/mol. The van der Waals surface area contributed by atoms with Crippen molar-refractivity contribution in [2.45, 2.75) is 70.6 Å². The van der Waals surface area contributed by atoms with Crippen molar-refractivity contribution >= 4 is 0 Å². The van der Waals surface area contributed by atoms with Crippen molar-refractivity contribution in [1.29, 1.82) is 0 Å². The van der Waals surface area contributed by atoms with Crippen LogP contribution in [0.4, 0.5) is 26.3 Å². The second-order valence-corrected chi connectivity index (χ2v) is 7.38. The summed E-state index contributed by atoms with van der Waals surface area (Å²) < 4.78 is 83.7. The van der Waals surface area contributed by atoms with Crippen LogP contribution in [0.3, 0.4) is 0 Å². The molecule has 0 amide bonds. The molecule has 23 heavy (non-hydrogen) atoms.